The Kier molecular flexibility index (Phi) is 17.6. The summed E-state index contributed by atoms with van der Waals surface area (Å²) in [6, 6.07) is 12.3. The van der Waals surface area contributed by atoms with Crippen LogP contribution in [0.15, 0.2) is 45.3 Å². The molecule has 0 atom stereocenters. The van der Waals surface area contributed by atoms with Gasteiger partial charge in [-0.1, -0.05) is 76.0 Å². The Morgan fingerprint density at radius 1 is 1.00 bits per heavy atom. The third-order valence-corrected chi connectivity index (χ3v) is 7.35. The van der Waals surface area contributed by atoms with Gasteiger partial charge in [-0.3, -0.25) is 14.6 Å². The molecule has 0 aliphatic rings. The van der Waals surface area contributed by atoms with E-state index in [-0.39, 0.29) is 35.9 Å². The average molecular weight is 971 g/mol. The number of esters is 1. The van der Waals surface area contributed by atoms with Crippen LogP contribution in [-0.4, -0.2) is 43.0 Å². The largest absolute Gasteiger partial charge is 0.459 e. The molecule has 0 aliphatic heterocycles. The number of benzene rings is 2. The van der Waals surface area contributed by atoms with Gasteiger partial charge in [-0.25, -0.2) is 0 Å². The van der Waals surface area contributed by atoms with Gasteiger partial charge in [0.1, 0.15) is 18.3 Å². The van der Waals surface area contributed by atoms with E-state index >= 15 is 0 Å². The van der Waals surface area contributed by atoms with Gasteiger partial charge in [-0.05, 0) is 108 Å². The molecule has 0 unspecified atom stereocenters. The Hall–Kier alpha value is -0.870. The maximum atomic E-state index is 10.6. The van der Waals surface area contributed by atoms with E-state index < -0.39 is 0 Å². The molecule has 13 heteroatoms. The normalized spacial score (nSPS) is 10.6. The molecule has 0 amide bonds. The molecule has 40 heavy (non-hydrogen) atoms. The molecule has 2 heterocycles. The van der Waals surface area contributed by atoms with Crippen LogP contribution in [0, 0.1) is 12.8 Å². The van der Waals surface area contributed by atoms with E-state index in [1.807, 2.05) is 32.9 Å². The smallest absolute Gasteiger partial charge is 0.373 e. The highest BCUT2D eigenvalue weighted by Gasteiger charge is 2.16. The van der Waals surface area contributed by atoms with E-state index in [2.05, 4.69) is 158 Å². The lowest BCUT2D eigenvalue weighted by Crippen LogP contribution is -2.24. The number of H-pyrrole nitrogens is 1. The highest BCUT2D eigenvalue weighted by atomic mass is 127. The lowest BCUT2D eigenvalue weighted by Gasteiger charge is -2.18. The number of rotatable bonds is 2. The van der Waals surface area contributed by atoms with Crippen molar-refractivity contribution >= 4 is 127 Å². The maximum Gasteiger partial charge on any atom is 0.373 e. The Bertz CT molecular complexity index is 1420. The number of carbonyl (C=O) groups excluding carboxylic acids is 3. The van der Waals surface area contributed by atoms with E-state index in [0.717, 1.165) is 28.4 Å². The molecule has 1 N–H and O–H groups in total. The summed E-state index contributed by atoms with van der Waals surface area (Å²) in [7, 11) is 0. The van der Waals surface area contributed by atoms with Crippen molar-refractivity contribution in [2.75, 3.05) is 5.33 Å². The van der Waals surface area contributed by atoms with Crippen molar-refractivity contribution in [1.29, 1.82) is 0 Å². The number of aromatic nitrogens is 4. The van der Waals surface area contributed by atoms with Gasteiger partial charge < -0.3 is 4.74 Å². The molecule has 0 saturated heterocycles. The van der Waals surface area contributed by atoms with Crippen LogP contribution < -0.4 is 0 Å². The number of hydrogen-bond donors (Lipinski definition) is 1. The van der Waals surface area contributed by atoms with E-state index in [0.29, 0.717) is 0 Å². The van der Waals surface area contributed by atoms with Crippen molar-refractivity contribution in [3.05, 3.63) is 52.7 Å². The van der Waals surface area contributed by atoms with Crippen LogP contribution >= 0.6 is 93.0 Å². The number of ether oxygens (including phenoxy) is 1. The SMILES string of the molecule is Brc1ccc2n[nH]c(I)c2c1.C.CC(C)(C)Cn1nc(I)c2cc(Br)ccc21.CC(C)(C)OC(=O)CBr.O=C=O. The number of alkyl halides is 1. The molecule has 4 aromatic rings. The van der Waals surface area contributed by atoms with Crippen molar-refractivity contribution < 1.29 is 19.1 Å². The first-order valence-electron chi connectivity index (χ1n) is 11.4. The summed E-state index contributed by atoms with van der Waals surface area (Å²) in [6.45, 7) is 13.1. The van der Waals surface area contributed by atoms with Gasteiger partial charge in [0.25, 0.3) is 0 Å². The number of nitrogens with zero attached hydrogens (tertiary/aromatic N) is 3. The fourth-order valence-electron chi connectivity index (χ4n) is 3.00. The quantitative estimate of drug-likeness (QED) is 0.122. The summed E-state index contributed by atoms with van der Waals surface area (Å²) in [4.78, 5) is 26.8. The monoisotopic (exact) mass is 968 g/mol. The van der Waals surface area contributed by atoms with Gasteiger partial charge in [0.2, 0.25) is 0 Å². The number of aromatic amines is 1. The highest BCUT2D eigenvalue weighted by Crippen LogP contribution is 2.27. The number of hydrogen-bond acceptors (Lipinski definition) is 6. The first-order valence-corrected chi connectivity index (χ1v) is 16.3. The van der Waals surface area contributed by atoms with Crippen LogP contribution in [0.1, 0.15) is 49.0 Å². The van der Waals surface area contributed by atoms with Gasteiger partial charge in [-0.2, -0.15) is 19.8 Å². The Morgan fingerprint density at radius 2 is 1.52 bits per heavy atom. The molecular formula is C27H33Br3I2N4O4. The van der Waals surface area contributed by atoms with Gasteiger partial charge in [0.05, 0.1) is 11.0 Å². The van der Waals surface area contributed by atoms with Crippen LogP contribution in [-0.2, 0) is 25.7 Å². The molecule has 2 aromatic heterocycles. The second-order valence-electron chi connectivity index (χ2n) is 10.2. The van der Waals surface area contributed by atoms with Crippen LogP contribution in [0.5, 0.6) is 0 Å². The zero-order chi connectivity index (χ0) is 30.0. The third kappa shape index (κ3) is 14.3. The van der Waals surface area contributed by atoms with Crippen molar-refractivity contribution in [2.24, 2.45) is 5.41 Å². The lowest BCUT2D eigenvalue weighted by atomic mass is 9.97. The first kappa shape index (κ1) is 39.1. The van der Waals surface area contributed by atoms with Crippen LogP contribution in [0.4, 0.5) is 0 Å². The number of halogens is 5. The fraction of sp³-hybridized carbons (Fsp3) is 0.407. The standard InChI is InChI=1S/C12H14BrIN2.C7H4BrIN2.C6H11BrO2.CO2.CH4/c1-12(2,3)7-16-10-5-4-8(13)6-9(10)11(14)15-16;8-4-1-2-6-5(3-4)7(9)11-10-6;1-6(2,3)9-5(8)4-7;2-1-3;/h4-6H,7H2,1-3H3;1-3H,(H,10,11);4H2,1-3H3;;1H4. The van der Waals surface area contributed by atoms with Crippen molar-refractivity contribution in [3.8, 4) is 0 Å². The topological polar surface area (TPSA) is 107 Å². The minimum absolute atomic E-state index is 0. The van der Waals surface area contributed by atoms with Crippen molar-refractivity contribution in [3.63, 3.8) is 0 Å². The molecule has 0 aliphatic carbocycles. The van der Waals surface area contributed by atoms with Gasteiger partial charge in [-0.15, -0.1) is 0 Å². The zero-order valence-electron chi connectivity index (χ0n) is 22.2. The molecule has 0 saturated carbocycles. The van der Waals surface area contributed by atoms with E-state index in [4.69, 9.17) is 14.3 Å². The van der Waals surface area contributed by atoms with Crippen LogP contribution in [0.3, 0.4) is 0 Å². The number of fused-ring (bicyclic) bond motifs is 2. The van der Waals surface area contributed by atoms with Gasteiger partial charge in [0.15, 0.2) is 0 Å². The molecule has 220 valence electrons. The fourth-order valence-corrected chi connectivity index (χ4v) is 5.08. The van der Waals surface area contributed by atoms with Gasteiger partial charge in [0, 0.05) is 26.3 Å². The average Bonchev–Trinajstić information content (AvgIpc) is 3.32. The van der Waals surface area contributed by atoms with Crippen LogP contribution in [0.2, 0.25) is 0 Å². The second kappa shape index (κ2) is 17.9. The number of carbonyl (C=O) groups is 1. The summed E-state index contributed by atoms with van der Waals surface area (Å²) in [6.07, 6.45) is 0.250. The molecular weight excluding hydrogens is 938 g/mol. The molecule has 0 bridgehead atoms. The summed E-state index contributed by atoms with van der Waals surface area (Å²) in [5.41, 5.74) is 2.11. The molecule has 0 fully saturated rings. The minimum Gasteiger partial charge on any atom is -0.459 e. The molecule has 0 spiro atoms. The number of nitrogens with one attached hydrogen (secondary N) is 1. The Morgan fingerprint density at radius 3 is 2.00 bits per heavy atom. The minimum atomic E-state index is -0.356. The van der Waals surface area contributed by atoms with Gasteiger partial charge >= 0.3 is 12.1 Å². The lowest BCUT2D eigenvalue weighted by molar-refractivity contribution is -0.191. The molecule has 2 aromatic carbocycles. The summed E-state index contributed by atoms with van der Waals surface area (Å²) in [5, 5.41) is 14.3. The Balaban J connectivity index is 0.000000559. The summed E-state index contributed by atoms with van der Waals surface area (Å²) >= 11 is 14.4. The van der Waals surface area contributed by atoms with Crippen molar-refractivity contribution in [2.45, 2.75) is 61.1 Å². The molecule has 4 rings (SSSR count). The van der Waals surface area contributed by atoms with E-state index in [1.54, 1.807) is 0 Å². The first-order chi connectivity index (χ1) is 18.0. The zero-order valence-corrected chi connectivity index (χ0v) is 31.3. The van der Waals surface area contributed by atoms with Crippen LogP contribution in [0.25, 0.3) is 21.8 Å². The third-order valence-electron chi connectivity index (χ3n) is 4.29. The predicted octanol–water partition coefficient (Wildman–Crippen LogP) is 9.16. The van der Waals surface area contributed by atoms with E-state index in [9.17, 15) is 4.79 Å². The second-order valence-corrected chi connectivity index (χ2v) is 14.7. The summed E-state index contributed by atoms with van der Waals surface area (Å²) in [5.74, 6) is -0.220. The Labute approximate surface area is 287 Å². The molecule has 0 radical (unpaired) electrons. The molecule has 8 nitrogen and oxygen atoms in total. The maximum absolute atomic E-state index is 10.6. The van der Waals surface area contributed by atoms with Crippen molar-refractivity contribution in [1.82, 2.24) is 20.0 Å². The predicted molar refractivity (Wildman–Crippen MR) is 187 cm³/mol. The van der Waals surface area contributed by atoms with E-state index in [1.165, 1.54) is 16.3 Å². The highest BCUT2D eigenvalue weighted by molar-refractivity contribution is 14.1. The summed E-state index contributed by atoms with van der Waals surface area (Å²) < 4.78 is 11.3.